The summed E-state index contributed by atoms with van der Waals surface area (Å²) in [5.41, 5.74) is 1.96. The molecule has 3 rings (SSSR count). The Morgan fingerprint density at radius 2 is 2.21 bits per heavy atom. The first-order valence-electron chi connectivity index (χ1n) is 8.30. The molecule has 0 bridgehead atoms. The maximum Gasteiger partial charge on any atom is 0.246 e. The monoisotopic (exact) mass is 325 g/mol. The number of ether oxygens (including phenoxy) is 1. The summed E-state index contributed by atoms with van der Waals surface area (Å²) in [6.45, 7) is 3.88. The van der Waals surface area contributed by atoms with Crippen LogP contribution in [0.5, 0.6) is 0 Å². The van der Waals surface area contributed by atoms with Gasteiger partial charge in [-0.25, -0.2) is 0 Å². The lowest BCUT2D eigenvalue weighted by Crippen LogP contribution is -2.24. The van der Waals surface area contributed by atoms with Crippen molar-refractivity contribution in [2.24, 2.45) is 5.92 Å². The molecule has 126 valence electrons. The number of para-hydroxylation sites is 1. The van der Waals surface area contributed by atoms with E-state index in [9.17, 15) is 4.79 Å². The summed E-state index contributed by atoms with van der Waals surface area (Å²) in [6.07, 6.45) is 8.62. The predicted octanol–water partition coefficient (Wildman–Crippen LogP) is 3.85. The number of carbonyl (C=O) groups excluding carboxylic acids is 1. The summed E-state index contributed by atoms with van der Waals surface area (Å²) in [6, 6.07) is 7.95. The molecule has 1 aliphatic rings. The van der Waals surface area contributed by atoms with Crippen molar-refractivity contribution in [2.75, 3.05) is 20.3 Å². The fraction of sp³-hybridized carbons (Fsp3) is 0.350. The number of likely N-dealkylation sites (N-methyl/N-ethyl adjacent to an activating group) is 1. The molecule has 2 aromatic rings. The largest absolute Gasteiger partial charge is 0.459 e. The van der Waals surface area contributed by atoms with E-state index in [4.69, 9.17) is 9.15 Å². The van der Waals surface area contributed by atoms with Crippen LogP contribution in [-0.2, 0) is 16.1 Å². The quantitative estimate of drug-likeness (QED) is 0.633. The molecule has 0 saturated heterocycles. The fourth-order valence-corrected chi connectivity index (χ4v) is 2.86. The molecule has 1 aromatic heterocycles. The lowest BCUT2D eigenvalue weighted by atomic mass is 10.1. The molecule has 1 amide bonds. The van der Waals surface area contributed by atoms with E-state index in [-0.39, 0.29) is 11.8 Å². The Kier molecular flexibility index (Phi) is 5.16. The van der Waals surface area contributed by atoms with E-state index in [0.29, 0.717) is 13.2 Å². The second kappa shape index (κ2) is 7.49. The van der Waals surface area contributed by atoms with Gasteiger partial charge in [0.25, 0.3) is 0 Å². The van der Waals surface area contributed by atoms with Crippen molar-refractivity contribution in [3.8, 4) is 0 Å². The molecule has 4 nitrogen and oxygen atoms in total. The van der Waals surface area contributed by atoms with E-state index in [1.165, 1.54) is 0 Å². The second-order valence-corrected chi connectivity index (χ2v) is 6.16. The Labute approximate surface area is 142 Å². The van der Waals surface area contributed by atoms with Crippen molar-refractivity contribution in [1.82, 2.24) is 4.90 Å². The number of allylic oxidation sites excluding steroid dienone is 2. The first-order chi connectivity index (χ1) is 11.6. The van der Waals surface area contributed by atoms with Gasteiger partial charge in [-0.15, -0.1) is 0 Å². The number of nitrogens with zero attached hydrogens (tertiary/aromatic N) is 1. The average Bonchev–Trinajstić information content (AvgIpc) is 2.78. The van der Waals surface area contributed by atoms with Crippen LogP contribution in [0.4, 0.5) is 0 Å². The van der Waals surface area contributed by atoms with Gasteiger partial charge in [0.15, 0.2) is 0 Å². The van der Waals surface area contributed by atoms with Crippen molar-refractivity contribution in [3.05, 3.63) is 59.9 Å². The van der Waals surface area contributed by atoms with Gasteiger partial charge >= 0.3 is 0 Å². The van der Waals surface area contributed by atoms with Crippen molar-refractivity contribution in [1.29, 1.82) is 0 Å². The fourth-order valence-electron chi connectivity index (χ4n) is 2.86. The van der Waals surface area contributed by atoms with Crippen LogP contribution in [0.3, 0.4) is 0 Å². The second-order valence-electron chi connectivity index (χ2n) is 6.16. The molecule has 4 heteroatoms. The Morgan fingerprint density at radius 3 is 3.04 bits per heavy atom. The minimum absolute atomic E-state index is 0.0200. The smallest absolute Gasteiger partial charge is 0.246 e. The average molecular weight is 325 g/mol. The molecule has 0 spiro atoms. The van der Waals surface area contributed by atoms with Crippen LogP contribution in [0.25, 0.3) is 11.0 Å². The Morgan fingerprint density at radius 1 is 1.38 bits per heavy atom. The number of fused-ring (bicyclic) bond motifs is 1. The third-order valence-electron chi connectivity index (χ3n) is 4.38. The number of rotatable bonds is 4. The van der Waals surface area contributed by atoms with Crippen molar-refractivity contribution in [2.45, 2.75) is 19.9 Å². The summed E-state index contributed by atoms with van der Waals surface area (Å²) < 4.78 is 11.3. The van der Waals surface area contributed by atoms with Gasteiger partial charge in [-0.05, 0) is 31.4 Å². The van der Waals surface area contributed by atoms with E-state index in [1.54, 1.807) is 18.0 Å². The third kappa shape index (κ3) is 3.77. The minimum Gasteiger partial charge on any atom is -0.459 e. The Balaban J connectivity index is 1.65. The van der Waals surface area contributed by atoms with Crippen LogP contribution < -0.4 is 0 Å². The summed E-state index contributed by atoms with van der Waals surface area (Å²) in [4.78, 5) is 14.0. The van der Waals surface area contributed by atoms with Gasteiger partial charge in [-0.2, -0.15) is 0 Å². The zero-order valence-corrected chi connectivity index (χ0v) is 14.2. The molecule has 0 saturated carbocycles. The molecule has 1 atom stereocenters. The molecule has 1 aromatic carbocycles. The highest BCUT2D eigenvalue weighted by Gasteiger charge is 2.14. The minimum atomic E-state index is -0.0200. The summed E-state index contributed by atoms with van der Waals surface area (Å²) in [5.74, 6) is 1.08. The van der Waals surface area contributed by atoms with Crippen LogP contribution in [0, 0.1) is 12.8 Å². The van der Waals surface area contributed by atoms with E-state index >= 15 is 0 Å². The van der Waals surface area contributed by atoms with Crippen LogP contribution in [0.1, 0.15) is 17.7 Å². The lowest BCUT2D eigenvalue weighted by molar-refractivity contribution is -0.125. The van der Waals surface area contributed by atoms with Crippen LogP contribution in [0.15, 0.2) is 53.0 Å². The topological polar surface area (TPSA) is 42.7 Å². The van der Waals surface area contributed by atoms with E-state index in [1.807, 2.05) is 43.3 Å². The van der Waals surface area contributed by atoms with Crippen molar-refractivity contribution >= 4 is 16.9 Å². The normalized spacial score (nSPS) is 18.2. The molecule has 0 fully saturated rings. The number of hydrogen-bond acceptors (Lipinski definition) is 3. The molecular weight excluding hydrogens is 302 g/mol. The Hall–Kier alpha value is -2.33. The van der Waals surface area contributed by atoms with Gasteiger partial charge in [0.05, 0.1) is 13.2 Å². The van der Waals surface area contributed by atoms with E-state index in [0.717, 1.165) is 35.3 Å². The predicted molar refractivity (Wildman–Crippen MR) is 94.6 cm³/mol. The van der Waals surface area contributed by atoms with Gasteiger partial charge in [0.1, 0.15) is 11.3 Å². The van der Waals surface area contributed by atoms with Crippen LogP contribution in [-0.4, -0.2) is 31.1 Å². The van der Waals surface area contributed by atoms with Gasteiger partial charge in [-0.1, -0.05) is 36.4 Å². The lowest BCUT2D eigenvalue weighted by Gasteiger charge is -2.14. The van der Waals surface area contributed by atoms with E-state index in [2.05, 4.69) is 6.08 Å². The molecular formula is C20H23NO3. The van der Waals surface area contributed by atoms with Crippen LogP contribution in [0.2, 0.25) is 0 Å². The molecule has 1 unspecified atom stereocenters. The van der Waals surface area contributed by atoms with E-state index < -0.39 is 0 Å². The van der Waals surface area contributed by atoms with Crippen molar-refractivity contribution < 1.29 is 13.9 Å². The first kappa shape index (κ1) is 16.5. The molecule has 2 heterocycles. The van der Waals surface area contributed by atoms with Gasteiger partial charge in [0.2, 0.25) is 5.91 Å². The van der Waals surface area contributed by atoms with Gasteiger partial charge < -0.3 is 14.1 Å². The highest BCUT2D eigenvalue weighted by Crippen LogP contribution is 2.25. The maximum absolute atomic E-state index is 12.3. The maximum atomic E-state index is 12.3. The number of furan rings is 1. The summed E-state index contributed by atoms with van der Waals surface area (Å²) in [5, 5.41) is 1.10. The van der Waals surface area contributed by atoms with Crippen LogP contribution >= 0.6 is 0 Å². The molecule has 24 heavy (non-hydrogen) atoms. The molecule has 0 radical (unpaired) electrons. The zero-order chi connectivity index (χ0) is 16.9. The first-order valence-corrected chi connectivity index (χ1v) is 8.30. The highest BCUT2D eigenvalue weighted by molar-refractivity contribution is 5.87. The summed E-state index contributed by atoms with van der Waals surface area (Å²) in [7, 11) is 1.80. The SMILES string of the molecule is Cc1c(CN(C)C(=O)C=CC2C=CCOCC2)oc2ccccc12. The number of amides is 1. The Bertz CT molecular complexity index is 772. The number of aryl methyl sites for hydroxylation is 1. The highest BCUT2D eigenvalue weighted by atomic mass is 16.5. The number of carbonyl (C=O) groups is 1. The molecule has 0 N–H and O–H groups in total. The molecule has 1 aliphatic heterocycles. The summed E-state index contributed by atoms with van der Waals surface area (Å²) >= 11 is 0. The van der Waals surface area contributed by atoms with Crippen molar-refractivity contribution in [3.63, 3.8) is 0 Å². The third-order valence-corrected chi connectivity index (χ3v) is 4.38. The zero-order valence-electron chi connectivity index (χ0n) is 14.2. The molecule has 0 aliphatic carbocycles. The van der Waals surface area contributed by atoms with Gasteiger partial charge in [0, 0.05) is 24.6 Å². The number of hydrogen-bond donors (Lipinski definition) is 0. The van der Waals surface area contributed by atoms with Gasteiger partial charge in [-0.3, -0.25) is 4.79 Å². The number of benzene rings is 1. The standard InChI is InChI=1S/C20H23NO3/c1-15-17-7-3-4-8-18(17)24-19(15)14-21(2)20(22)10-9-16-6-5-12-23-13-11-16/h3-10,16H,11-14H2,1-2H3.